The minimum absolute atomic E-state index is 0.396. The average molecular weight is 488 g/mol. The van der Waals surface area contributed by atoms with Crippen molar-refractivity contribution in [2.24, 2.45) is 4.99 Å². The molecule has 0 unspecified atom stereocenters. The van der Waals surface area contributed by atoms with E-state index in [1.807, 2.05) is 67.0 Å². The first-order chi connectivity index (χ1) is 16.8. The molecule has 3 rings (SSSR count). The molecule has 180 valence electrons. The standard InChI is InChI=1S/C29H30ClN3O2/c1-6-22-13-24(17-27(14-22)35-5)21(4)32-26-11-12-28(30)25(16-26)18-31-29-15-23(9-7-19(29)2)10-8-20(3)33-34/h7-18,32-34H,3-4,6H2,1-2,5H3/b10-8+,31-18?. The van der Waals surface area contributed by atoms with Gasteiger partial charge in [0.25, 0.3) is 0 Å². The zero-order valence-electron chi connectivity index (χ0n) is 20.2. The maximum Gasteiger partial charge on any atom is 0.119 e. The highest BCUT2D eigenvalue weighted by molar-refractivity contribution is 6.33. The third kappa shape index (κ3) is 7.09. The Morgan fingerprint density at radius 2 is 1.91 bits per heavy atom. The predicted molar refractivity (Wildman–Crippen MR) is 148 cm³/mol. The van der Waals surface area contributed by atoms with E-state index >= 15 is 0 Å². The van der Waals surface area contributed by atoms with Crippen molar-refractivity contribution in [3.05, 3.63) is 112 Å². The van der Waals surface area contributed by atoms with E-state index in [0.29, 0.717) is 10.7 Å². The second-order valence-electron chi connectivity index (χ2n) is 8.04. The van der Waals surface area contributed by atoms with Gasteiger partial charge in [-0.1, -0.05) is 49.9 Å². The SMILES string of the molecule is C=C(/C=C/c1ccc(C)c(N=Cc2cc(NC(=C)c3cc(CC)cc(OC)c3)ccc2Cl)c1)NO. The zero-order valence-corrected chi connectivity index (χ0v) is 21.0. The molecular weight excluding hydrogens is 458 g/mol. The lowest BCUT2D eigenvalue weighted by Gasteiger charge is -2.13. The molecule has 0 atom stereocenters. The number of nitrogens with one attached hydrogen (secondary N) is 2. The van der Waals surface area contributed by atoms with Crippen molar-refractivity contribution < 1.29 is 9.94 Å². The van der Waals surface area contributed by atoms with E-state index in [4.69, 9.17) is 21.5 Å². The van der Waals surface area contributed by atoms with E-state index in [-0.39, 0.29) is 0 Å². The molecular formula is C29H30ClN3O2. The first-order valence-corrected chi connectivity index (χ1v) is 11.6. The number of benzene rings is 3. The summed E-state index contributed by atoms with van der Waals surface area (Å²) in [5.74, 6) is 0.801. The molecule has 0 aliphatic rings. The molecule has 0 aromatic heterocycles. The smallest absolute Gasteiger partial charge is 0.119 e. The van der Waals surface area contributed by atoms with Crippen molar-refractivity contribution in [3.8, 4) is 5.75 Å². The molecule has 0 aliphatic carbocycles. The van der Waals surface area contributed by atoms with Gasteiger partial charge in [-0.25, -0.2) is 0 Å². The third-order valence-electron chi connectivity index (χ3n) is 5.45. The Morgan fingerprint density at radius 3 is 2.63 bits per heavy atom. The van der Waals surface area contributed by atoms with Crippen LogP contribution in [0.5, 0.6) is 5.75 Å². The molecule has 0 amide bonds. The fourth-order valence-electron chi connectivity index (χ4n) is 3.37. The Kier molecular flexibility index (Phi) is 8.90. The van der Waals surface area contributed by atoms with Crippen LogP contribution in [0.25, 0.3) is 11.8 Å². The number of aryl methyl sites for hydroxylation is 2. The lowest BCUT2D eigenvalue weighted by Crippen LogP contribution is -2.01. The van der Waals surface area contributed by atoms with Gasteiger partial charge in [0, 0.05) is 33.7 Å². The maximum atomic E-state index is 8.88. The van der Waals surface area contributed by atoms with Crippen molar-refractivity contribution in [3.63, 3.8) is 0 Å². The topological polar surface area (TPSA) is 65.9 Å². The molecule has 5 nitrogen and oxygen atoms in total. The van der Waals surface area contributed by atoms with Crippen LogP contribution in [-0.4, -0.2) is 18.5 Å². The largest absolute Gasteiger partial charge is 0.497 e. The van der Waals surface area contributed by atoms with Gasteiger partial charge in [0.05, 0.1) is 18.5 Å². The Morgan fingerprint density at radius 1 is 1.11 bits per heavy atom. The monoisotopic (exact) mass is 487 g/mol. The van der Waals surface area contributed by atoms with Crippen LogP contribution < -0.4 is 15.5 Å². The van der Waals surface area contributed by atoms with Gasteiger partial charge in [-0.15, -0.1) is 0 Å². The molecule has 3 aromatic rings. The van der Waals surface area contributed by atoms with E-state index < -0.39 is 0 Å². The molecule has 0 saturated heterocycles. The van der Waals surface area contributed by atoms with Crippen LogP contribution >= 0.6 is 11.6 Å². The summed E-state index contributed by atoms with van der Waals surface area (Å²) in [6.07, 6.45) is 6.18. The number of nitrogens with zero attached hydrogens (tertiary/aromatic N) is 1. The van der Waals surface area contributed by atoms with Crippen molar-refractivity contribution in [2.75, 3.05) is 12.4 Å². The van der Waals surface area contributed by atoms with E-state index in [0.717, 1.165) is 51.5 Å². The molecule has 0 spiro atoms. The summed E-state index contributed by atoms with van der Waals surface area (Å²) in [4.78, 5) is 4.67. The van der Waals surface area contributed by atoms with Gasteiger partial charge >= 0.3 is 0 Å². The number of halogens is 1. The highest BCUT2D eigenvalue weighted by Gasteiger charge is 2.07. The summed E-state index contributed by atoms with van der Waals surface area (Å²) in [6.45, 7) is 12.0. The van der Waals surface area contributed by atoms with Crippen molar-refractivity contribution in [2.45, 2.75) is 20.3 Å². The first kappa shape index (κ1) is 25.8. The molecule has 3 N–H and O–H groups in total. The lowest BCUT2D eigenvalue weighted by atomic mass is 10.1. The Balaban J connectivity index is 1.82. The summed E-state index contributed by atoms with van der Waals surface area (Å²) in [5, 5.41) is 12.8. The zero-order chi connectivity index (χ0) is 25.4. The third-order valence-corrected chi connectivity index (χ3v) is 5.79. The predicted octanol–water partition coefficient (Wildman–Crippen LogP) is 7.56. The number of aliphatic imine (C=N–C) groups is 1. The molecule has 6 heteroatoms. The molecule has 0 saturated carbocycles. The van der Waals surface area contributed by atoms with Crippen molar-refractivity contribution in [1.82, 2.24) is 5.48 Å². The molecule has 35 heavy (non-hydrogen) atoms. The Hall–Kier alpha value is -3.80. The fraction of sp³-hybridized carbons (Fsp3) is 0.138. The minimum Gasteiger partial charge on any atom is -0.497 e. The number of hydrogen-bond acceptors (Lipinski definition) is 5. The number of ether oxygens (including phenoxy) is 1. The summed E-state index contributed by atoms with van der Waals surface area (Å²) in [5.41, 5.74) is 9.72. The molecule has 0 radical (unpaired) electrons. The molecule has 0 bridgehead atoms. The van der Waals surface area contributed by atoms with E-state index in [2.05, 4.69) is 36.5 Å². The first-order valence-electron chi connectivity index (χ1n) is 11.2. The molecule has 0 heterocycles. The van der Waals surface area contributed by atoms with Crippen LogP contribution in [0, 0.1) is 6.92 Å². The second kappa shape index (κ2) is 12.1. The van der Waals surface area contributed by atoms with Crippen LogP contribution in [0.4, 0.5) is 11.4 Å². The number of anilines is 1. The highest BCUT2D eigenvalue weighted by atomic mass is 35.5. The fourth-order valence-corrected chi connectivity index (χ4v) is 3.53. The highest BCUT2D eigenvalue weighted by Crippen LogP contribution is 2.27. The van der Waals surface area contributed by atoms with Gasteiger partial charge in [0.2, 0.25) is 0 Å². The van der Waals surface area contributed by atoms with Crippen molar-refractivity contribution >= 4 is 41.0 Å². The molecule has 3 aromatic carbocycles. The normalized spacial score (nSPS) is 11.1. The van der Waals surface area contributed by atoms with Crippen molar-refractivity contribution in [1.29, 1.82) is 0 Å². The lowest BCUT2D eigenvalue weighted by molar-refractivity contribution is 0.205. The molecule has 0 fully saturated rings. The number of methoxy groups -OCH3 is 1. The second-order valence-corrected chi connectivity index (χ2v) is 8.44. The van der Waals surface area contributed by atoms with Crippen LogP contribution in [-0.2, 0) is 6.42 Å². The quantitative estimate of drug-likeness (QED) is 0.157. The average Bonchev–Trinajstić information content (AvgIpc) is 2.88. The minimum atomic E-state index is 0.396. The van der Waals surface area contributed by atoms with E-state index in [1.54, 1.807) is 19.4 Å². The van der Waals surface area contributed by atoms with Gasteiger partial charge in [-0.05, 0) is 78.6 Å². The van der Waals surface area contributed by atoms with Gasteiger partial charge in [0.15, 0.2) is 0 Å². The number of hydroxylamine groups is 1. The Bertz CT molecular complexity index is 1270. The summed E-state index contributed by atoms with van der Waals surface area (Å²) in [6, 6.07) is 17.7. The van der Waals surface area contributed by atoms with Crippen LogP contribution in [0.3, 0.4) is 0 Å². The Labute approximate surface area is 212 Å². The van der Waals surface area contributed by atoms with E-state index in [9.17, 15) is 0 Å². The van der Waals surface area contributed by atoms with E-state index in [1.165, 1.54) is 5.56 Å². The van der Waals surface area contributed by atoms with Gasteiger partial charge in [0.1, 0.15) is 5.75 Å². The summed E-state index contributed by atoms with van der Waals surface area (Å²) >= 11 is 6.46. The van der Waals surface area contributed by atoms with Crippen LogP contribution in [0.15, 0.2) is 84.5 Å². The summed E-state index contributed by atoms with van der Waals surface area (Å²) < 4.78 is 5.43. The number of hydrogen-bond donors (Lipinski definition) is 3. The number of rotatable bonds is 10. The summed E-state index contributed by atoms with van der Waals surface area (Å²) in [7, 11) is 1.66. The van der Waals surface area contributed by atoms with Gasteiger partial charge < -0.3 is 10.1 Å². The van der Waals surface area contributed by atoms with Crippen LogP contribution in [0.2, 0.25) is 5.02 Å². The maximum absolute atomic E-state index is 8.88. The number of allylic oxidation sites excluding steroid dienone is 1. The molecule has 0 aliphatic heterocycles. The van der Waals surface area contributed by atoms with Gasteiger partial charge in [-0.2, -0.15) is 0 Å². The van der Waals surface area contributed by atoms with Gasteiger partial charge in [-0.3, -0.25) is 15.7 Å². The van der Waals surface area contributed by atoms with Crippen LogP contribution in [0.1, 0.15) is 34.7 Å².